The fraction of sp³-hybridized carbons (Fsp3) is 0.250. The van der Waals surface area contributed by atoms with E-state index in [1.54, 1.807) is 24.3 Å². The molecule has 6 nitrogen and oxygen atoms in total. The van der Waals surface area contributed by atoms with Gasteiger partial charge < -0.3 is 4.52 Å². The molecule has 19 heavy (non-hydrogen) atoms. The van der Waals surface area contributed by atoms with Crippen LogP contribution in [0.4, 0.5) is 0 Å². The number of Topliss-reactive ketones (excluding diaryl/α,β-unsaturated/α-hetero) is 1. The Labute approximate surface area is 110 Å². The van der Waals surface area contributed by atoms with E-state index in [4.69, 9.17) is 4.52 Å². The zero-order valence-electron chi connectivity index (χ0n) is 10.2. The number of sulfone groups is 1. The number of aromatic nitrogens is 2. The van der Waals surface area contributed by atoms with Crippen molar-refractivity contribution in [2.45, 2.75) is 12.2 Å². The van der Waals surface area contributed by atoms with Gasteiger partial charge in [-0.15, -0.1) is 0 Å². The number of carbonyl (C=O) groups excluding carboxylic acids is 1. The summed E-state index contributed by atoms with van der Waals surface area (Å²) in [5.74, 6) is -0.267. The molecular weight excluding hydrogens is 268 g/mol. The van der Waals surface area contributed by atoms with Gasteiger partial charge in [-0.3, -0.25) is 4.79 Å². The minimum Gasteiger partial charge on any atom is -0.339 e. The Morgan fingerprint density at radius 1 is 1.26 bits per heavy atom. The predicted molar refractivity (Wildman–Crippen MR) is 67.3 cm³/mol. The third-order valence-electron chi connectivity index (χ3n) is 2.31. The van der Waals surface area contributed by atoms with Crippen LogP contribution in [0.25, 0.3) is 0 Å². The first-order valence-electron chi connectivity index (χ1n) is 5.51. The van der Waals surface area contributed by atoms with Gasteiger partial charge >= 0.3 is 0 Å². The molecule has 2 aromatic rings. The maximum Gasteiger partial charge on any atom is 0.234 e. The number of rotatable bonds is 5. The van der Waals surface area contributed by atoms with E-state index < -0.39 is 9.84 Å². The van der Waals surface area contributed by atoms with Crippen LogP contribution < -0.4 is 0 Å². The van der Waals surface area contributed by atoms with Gasteiger partial charge in [0.25, 0.3) is 0 Å². The number of hydrogen-bond acceptors (Lipinski definition) is 6. The zero-order chi connectivity index (χ0) is 13.9. The fourth-order valence-electron chi connectivity index (χ4n) is 1.52. The Kier molecular flexibility index (Phi) is 3.75. The molecule has 1 aromatic carbocycles. The SMILES string of the molecule is CS(=O)(=O)Cc1noc(CC(=O)c2ccccc2)n1. The monoisotopic (exact) mass is 280 g/mol. The van der Waals surface area contributed by atoms with E-state index in [-0.39, 0.29) is 29.7 Å². The van der Waals surface area contributed by atoms with E-state index in [1.165, 1.54) is 0 Å². The number of benzene rings is 1. The van der Waals surface area contributed by atoms with Crippen LogP contribution in [0, 0.1) is 0 Å². The average molecular weight is 280 g/mol. The maximum atomic E-state index is 11.9. The quantitative estimate of drug-likeness (QED) is 0.760. The molecule has 100 valence electrons. The second-order valence-electron chi connectivity index (χ2n) is 4.14. The second kappa shape index (κ2) is 5.31. The normalized spacial score (nSPS) is 11.4. The molecule has 0 saturated heterocycles. The Hall–Kier alpha value is -2.02. The molecule has 0 radical (unpaired) electrons. The number of hydrogen-bond donors (Lipinski definition) is 0. The summed E-state index contributed by atoms with van der Waals surface area (Å²) in [6.07, 6.45) is 1.04. The molecule has 0 bridgehead atoms. The van der Waals surface area contributed by atoms with Crippen molar-refractivity contribution in [1.82, 2.24) is 10.1 Å². The smallest absolute Gasteiger partial charge is 0.234 e. The highest BCUT2D eigenvalue weighted by Crippen LogP contribution is 2.07. The number of carbonyl (C=O) groups is 1. The molecule has 0 N–H and O–H groups in total. The van der Waals surface area contributed by atoms with Gasteiger partial charge in [0, 0.05) is 11.8 Å². The first-order valence-corrected chi connectivity index (χ1v) is 7.57. The Morgan fingerprint density at radius 3 is 2.58 bits per heavy atom. The third-order valence-corrected chi connectivity index (χ3v) is 3.09. The molecule has 2 rings (SSSR count). The van der Waals surface area contributed by atoms with Crippen LogP contribution in [0.15, 0.2) is 34.9 Å². The highest BCUT2D eigenvalue weighted by Gasteiger charge is 2.15. The first-order chi connectivity index (χ1) is 8.94. The largest absolute Gasteiger partial charge is 0.339 e. The van der Waals surface area contributed by atoms with Crippen molar-refractivity contribution in [3.8, 4) is 0 Å². The highest BCUT2D eigenvalue weighted by molar-refractivity contribution is 7.89. The molecule has 0 atom stereocenters. The van der Waals surface area contributed by atoms with Crippen LogP contribution in [-0.4, -0.2) is 30.6 Å². The molecule has 0 saturated carbocycles. The van der Waals surface area contributed by atoms with Gasteiger partial charge in [-0.1, -0.05) is 35.5 Å². The van der Waals surface area contributed by atoms with Crippen LogP contribution in [0.3, 0.4) is 0 Å². The Bertz CT molecular complexity index is 677. The van der Waals surface area contributed by atoms with Gasteiger partial charge in [-0.25, -0.2) is 8.42 Å². The van der Waals surface area contributed by atoms with Crippen LogP contribution in [0.2, 0.25) is 0 Å². The van der Waals surface area contributed by atoms with Crippen molar-refractivity contribution in [2.24, 2.45) is 0 Å². The van der Waals surface area contributed by atoms with Crippen molar-refractivity contribution in [3.63, 3.8) is 0 Å². The molecule has 0 fully saturated rings. The molecule has 1 heterocycles. The van der Waals surface area contributed by atoms with Gasteiger partial charge in [0.15, 0.2) is 21.4 Å². The molecule has 0 unspecified atom stereocenters. The summed E-state index contributed by atoms with van der Waals surface area (Å²) in [5, 5.41) is 3.53. The van der Waals surface area contributed by atoms with E-state index in [2.05, 4.69) is 10.1 Å². The van der Waals surface area contributed by atoms with Crippen LogP contribution in [-0.2, 0) is 22.0 Å². The second-order valence-corrected chi connectivity index (χ2v) is 6.28. The van der Waals surface area contributed by atoms with Gasteiger partial charge in [0.05, 0.1) is 6.42 Å². The van der Waals surface area contributed by atoms with Crippen molar-refractivity contribution < 1.29 is 17.7 Å². The van der Waals surface area contributed by atoms with E-state index >= 15 is 0 Å². The summed E-state index contributed by atoms with van der Waals surface area (Å²) in [5.41, 5.74) is 0.547. The number of nitrogens with zero attached hydrogens (tertiary/aromatic N) is 2. The standard InChI is InChI=1S/C12H12N2O4S/c1-19(16,17)8-11-13-12(18-14-11)7-10(15)9-5-3-2-4-6-9/h2-6H,7-8H2,1H3. The lowest BCUT2D eigenvalue weighted by molar-refractivity contribution is 0.0983. The van der Waals surface area contributed by atoms with Crippen LogP contribution in [0.1, 0.15) is 22.1 Å². The summed E-state index contributed by atoms with van der Waals surface area (Å²) in [6, 6.07) is 8.71. The lowest BCUT2D eigenvalue weighted by Crippen LogP contribution is -2.05. The van der Waals surface area contributed by atoms with Crippen molar-refractivity contribution >= 4 is 15.6 Å². The Balaban J connectivity index is 2.07. The molecular formula is C12H12N2O4S. The average Bonchev–Trinajstić information content (AvgIpc) is 2.75. The summed E-state index contributed by atoms with van der Waals surface area (Å²) < 4.78 is 27.0. The van der Waals surface area contributed by atoms with Crippen LogP contribution in [0.5, 0.6) is 0 Å². The summed E-state index contributed by atoms with van der Waals surface area (Å²) in [6.45, 7) is 0. The summed E-state index contributed by atoms with van der Waals surface area (Å²) in [7, 11) is -3.21. The van der Waals surface area contributed by atoms with Crippen LogP contribution >= 0.6 is 0 Å². The molecule has 7 heteroatoms. The van der Waals surface area contributed by atoms with E-state index in [0.29, 0.717) is 5.56 Å². The molecule has 0 aliphatic carbocycles. The maximum absolute atomic E-state index is 11.9. The van der Waals surface area contributed by atoms with E-state index in [1.807, 2.05) is 6.07 Å². The fourth-order valence-corrected chi connectivity index (χ4v) is 2.10. The zero-order valence-corrected chi connectivity index (χ0v) is 11.1. The first kappa shape index (κ1) is 13.4. The van der Waals surface area contributed by atoms with Crippen molar-refractivity contribution in [1.29, 1.82) is 0 Å². The van der Waals surface area contributed by atoms with Gasteiger partial charge in [0.1, 0.15) is 5.75 Å². The molecule has 1 aromatic heterocycles. The summed E-state index contributed by atoms with van der Waals surface area (Å²) >= 11 is 0. The minimum absolute atomic E-state index is 0.0409. The number of ketones is 1. The lowest BCUT2D eigenvalue weighted by atomic mass is 10.1. The van der Waals surface area contributed by atoms with Gasteiger partial charge in [-0.05, 0) is 0 Å². The summed E-state index contributed by atoms with van der Waals surface area (Å²) in [4.78, 5) is 15.7. The van der Waals surface area contributed by atoms with Gasteiger partial charge in [0.2, 0.25) is 5.89 Å². The van der Waals surface area contributed by atoms with Crippen molar-refractivity contribution in [2.75, 3.05) is 6.26 Å². The molecule has 0 aliphatic rings. The molecule has 0 aliphatic heterocycles. The van der Waals surface area contributed by atoms with Crippen molar-refractivity contribution in [3.05, 3.63) is 47.6 Å². The van der Waals surface area contributed by atoms with E-state index in [9.17, 15) is 13.2 Å². The highest BCUT2D eigenvalue weighted by atomic mass is 32.2. The topological polar surface area (TPSA) is 90.1 Å². The third kappa shape index (κ3) is 3.99. The lowest BCUT2D eigenvalue weighted by Gasteiger charge is -1.96. The van der Waals surface area contributed by atoms with E-state index in [0.717, 1.165) is 6.26 Å². The molecule has 0 amide bonds. The minimum atomic E-state index is -3.21. The van der Waals surface area contributed by atoms with Gasteiger partial charge in [-0.2, -0.15) is 4.98 Å². The Morgan fingerprint density at radius 2 is 1.95 bits per heavy atom. The molecule has 0 spiro atoms. The predicted octanol–water partition coefficient (Wildman–Crippen LogP) is 1.04.